The first-order chi connectivity index (χ1) is 10.5. The minimum Gasteiger partial charge on any atom is -0.309 e. The number of rotatable bonds is 3. The summed E-state index contributed by atoms with van der Waals surface area (Å²) in [4.78, 5) is 45.6. The van der Waals surface area contributed by atoms with E-state index < -0.39 is 6.04 Å². The van der Waals surface area contributed by atoms with Gasteiger partial charge in [0.15, 0.2) is 0 Å². The van der Waals surface area contributed by atoms with Gasteiger partial charge in [-0.3, -0.25) is 24.2 Å². The summed E-state index contributed by atoms with van der Waals surface area (Å²) in [5.74, 6) is 0.0541. The standard InChI is InChI=1S/C15H16N4O3/c1-18(11-7-13(20)19(2)15(11)22)8-12-16-10-6-4-3-5-9(10)14(21)17-12/h3-6,11H,7-8H2,1-2H3,(H,16,17,21)/t11-/m1/s1. The van der Waals surface area contributed by atoms with E-state index in [1.807, 2.05) is 6.07 Å². The number of fused-ring (bicyclic) bond motifs is 1. The van der Waals surface area contributed by atoms with Gasteiger partial charge in [-0.25, -0.2) is 4.98 Å². The van der Waals surface area contributed by atoms with Crippen LogP contribution >= 0.6 is 0 Å². The fourth-order valence-electron chi connectivity index (χ4n) is 2.64. The molecule has 1 atom stereocenters. The molecule has 0 aliphatic carbocycles. The molecule has 2 amide bonds. The van der Waals surface area contributed by atoms with Crippen molar-refractivity contribution in [3.8, 4) is 0 Å². The third kappa shape index (κ3) is 2.39. The summed E-state index contributed by atoms with van der Waals surface area (Å²) in [6, 6.07) is 6.57. The number of hydrogen-bond donors (Lipinski definition) is 1. The minimum absolute atomic E-state index is 0.156. The molecule has 0 spiro atoms. The lowest BCUT2D eigenvalue weighted by molar-refractivity contribution is -0.137. The zero-order chi connectivity index (χ0) is 15.9. The predicted octanol–water partition coefficient (Wildman–Crippen LogP) is 0.112. The van der Waals surface area contributed by atoms with Crippen molar-refractivity contribution in [3.05, 3.63) is 40.4 Å². The van der Waals surface area contributed by atoms with E-state index in [0.29, 0.717) is 16.7 Å². The Morgan fingerprint density at radius 3 is 2.73 bits per heavy atom. The van der Waals surface area contributed by atoms with Crippen LogP contribution in [0, 0.1) is 0 Å². The monoisotopic (exact) mass is 300 g/mol. The molecule has 2 heterocycles. The summed E-state index contributed by atoms with van der Waals surface area (Å²) < 4.78 is 0. The highest BCUT2D eigenvalue weighted by molar-refractivity contribution is 6.05. The van der Waals surface area contributed by atoms with Crippen molar-refractivity contribution < 1.29 is 9.59 Å². The molecule has 2 aromatic rings. The van der Waals surface area contributed by atoms with Gasteiger partial charge in [-0.05, 0) is 19.2 Å². The summed E-state index contributed by atoms with van der Waals surface area (Å²) in [6.07, 6.45) is 0.156. The van der Waals surface area contributed by atoms with E-state index in [1.54, 1.807) is 30.1 Å². The van der Waals surface area contributed by atoms with E-state index >= 15 is 0 Å². The second-order valence-electron chi connectivity index (χ2n) is 5.46. The third-order valence-electron chi connectivity index (χ3n) is 3.95. The van der Waals surface area contributed by atoms with E-state index in [1.165, 1.54) is 7.05 Å². The normalized spacial score (nSPS) is 18.7. The molecule has 3 rings (SSSR count). The molecule has 1 N–H and O–H groups in total. The van der Waals surface area contributed by atoms with Gasteiger partial charge in [0, 0.05) is 7.05 Å². The molecule has 0 unspecified atom stereocenters. The number of carbonyl (C=O) groups excluding carboxylic acids is 2. The number of aromatic amines is 1. The second-order valence-corrected chi connectivity index (χ2v) is 5.46. The van der Waals surface area contributed by atoms with Crippen LogP contribution in [0.4, 0.5) is 0 Å². The molecular formula is C15H16N4O3. The number of amides is 2. The highest BCUT2D eigenvalue weighted by Gasteiger charge is 2.38. The lowest BCUT2D eigenvalue weighted by Crippen LogP contribution is -2.38. The van der Waals surface area contributed by atoms with Gasteiger partial charge in [-0.1, -0.05) is 12.1 Å². The first-order valence-electron chi connectivity index (χ1n) is 6.96. The molecule has 7 nitrogen and oxygen atoms in total. The summed E-state index contributed by atoms with van der Waals surface area (Å²) in [5.41, 5.74) is 0.403. The van der Waals surface area contributed by atoms with Crippen molar-refractivity contribution in [1.29, 1.82) is 0 Å². The zero-order valence-corrected chi connectivity index (χ0v) is 12.4. The lowest BCUT2D eigenvalue weighted by Gasteiger charge is -2.21. The Balaban J connectivity index is 1.86. The number of likely N-dealkylation sites (tertiary alicyclic amines) is 1. The Morgan fingerprint density at radius 1 is 1.32 bits per heavy atom. The van der Waals surface area contributed by atoms with Gasteiger partial charge in [0.25, 0.3) is 5.56 Å². The summed E-state index contributed by atoms with van der Waals surface area (Å²) in [7, 11) is 3.22. The molecule has 1 saturated heterocycles. The second kappa shape index (κ2) is 5.34. The van der Waals surface area contributed by atoms with Crippen LogP contribution in [-0.2, 0) is 16.1 Å². The Morgan fingerprint density at radius 2 is 2.05 bits per heavy atom. The van der Waals surface area contributed by atoms with Crippen molar-refractivity contribution >= 4 is 22.7 Å². The molecule has 1 aliphatic rings. The van der Waals surface area contributed by atoms with Crippen LogP contribution in [0.15, 0.2) is 29.1 Å². The molecule has 1 aromatic heterocycles. The number of hydrogen-bond acceptors (Lipinski definition) is 5. The molecule has 0 saturated carbocycles. The summed E-state index contributed by atoms with van der Waals surface area (Å²) in [6.45, 7) is 0.289. The Bertz CT molecular complexity index is 814. The van der Waals surface area contributed by atoms with Crippen molar-refractivity contribution in [3.63, 3.8) is 0 Å². The quantitative estimate of drug-likeness (QED) is 0.813. The minimum atomic E-state index is -0.505. The van der Waals surface area contributed by atoms with Gasteiger partial charge < -0.3 is 4.98 Å². The molecule has 22 heavy (non-hydrogen) atoms. The molecule has 114 valence electrons. The van der Waals surface area contributed by atoms with Crippen LogP contribution in [0.1, 0.15) is 12.2 Å². The highest BCUT2D eigenvalue weighted by Crippen LogP contribution is 2.17. The first kappa shape index (κ1) is 14.4. The summed E-state index contributed by atoms with van der Waals surface area (Å²) in [5, 5.41) is 0.528. The Labute approximate surface area is 126 Å². The van der Waals surface area contributed by atoms with Gasteiger partial charge >= 0.3 is 0 Å². The highest BCUT2D eigenvalue weighted by atomic mass is 16.2. The smallest absolute Gasteiger partial charge is 0.258 e. The number of benzene rings is 1. The maximum atomic E-state index is 12.0. The van der Waals surface area contributed by atoms with Crippen LogP contribution in [-0.4, -0.2) is 51.7 Å². The van der Waals surface area contributed by atoms with Crippen molar-refractivity contribution in [2.75, 3.05) is 14.1 Å². The number of imide groups is 1. The molecular weight excluding hydrogens is 284 g/mol. The molecule has 0 bridgehead atoms. The van der Waals surface area contributed by atoms with E-state index in [9.17, 15) is 14.4 Å². The van der Waals surface area contributed by atoms with Gasteiger partial charge in [0.05, 0.1) is 29.9 Å². The summed E-state index contributed by atoms with van der Waals surface area (Å²) >= 11 is 0. The van der Waals surface area contributed by atoms with Gasteiger partial charge in [-0.2, -0.15) is 0 Å². The number of aromatic nitrogens is 2. The first-order valence-corrected chi connectivity index (χ1v) is 6.96. The SMILES string of the molecule is CN1C(=O)C[C@@H](N(C)Cc2nc3ccccc3c(=O)[nH]2)C1=O. The number of H-pyrrole nitrogens is 1. The fourth-order valence-corrected chi connectivity index (χ4v) is 2.64. The third-order valence-corrected chi connectivity index (χ3v) is 3.95. The van der Waals surface area contributed by atoms with Crippen LogP contribution in [0.25, 0.3) is 10.9 Å². The number of carbonyl (C=O) groups is 2. The molecule has 1 aliphatic heterocycles. The number of nitrogens with one attached hydrogen (secondary N) is 1. The predicted molar refractivity (Wildman–Crippen MR) is 80.0 cm³/mol. The fraction of sp³-hybridized carbons (Fsp3) is 0.333. The topological polar surface area (TPSA) is 86.4 Å². The Kier molecular flexibility index (Phi) is 3.50. The maximum Gasteiger partial charge on any atom is 0.258 e. The Hall–Kier alpha value is -2.54. The van der Waals surface area contributed by atoms with Crippen molar-refractivity contribution in [1.82, 2.24) is 19.8 Å². The molecule has 1 aromatic carbocycles. The number of nitrogens with zero attached hydrogens (tertiary/aromatic N) is 3. The largest absolute Gasteiger partial charge is 0.309 e. The zero-order valence-electron chi connectivity index (χ0n) is 12.4. The van der Waals surface area contributed by atoms with Crippen LogP contribution in [0.5, 0.6) is 0 Å². The van der Waals surface area contributed by atoms with Gasteiger partial charge in [0.1, 0.15) is 5.82 Å². The van der Waals surface area contributed by atoms with E-state index in [2.05, 4.69) is 9.97 Å². The maximum absolute atomic E-state index is 12.0. The molecule has 1 fully saturated rings. The van der Waals surface area contributed by atoms with Crippen LogP contribution in [0.3, 0.4) is 0 Å². The van der Waals surface area contributed by atoms with E-state index in [4.69, 9.17) is 0 Å². The van der Waals surface area contributed by atoms with Crippen molar-refractivity contribution in [2.45, 2.75) is 19.0 Å². The number of likely N-dealkylation sites (N-methyl/N-ethyl adjacent to an activating group) is 2. The van der Waals surface area contributed by atoms with E-state index in [0.717, 1.165) is 4.90 Å². The average molecular weight is 300 g/mol. The van der Waals surface area contributed by atoms with E-state index in [-0.39, 0.29) is 30.3 Å². The van der Waals surface area contributed by atoms with Crippen LogP contribution < -0.4 is 5.56 Å². The average Bonchev–Trinajstić information content (AvgIpc) is 2.75. The van der Waals surface area contributed by atoms with Gasteiger partial charge in [0.2, 0.25) is 11.8 Å². The van der Waals surface area contributed by atoms with Crippen LogP contribution in [0.2, 0.25) is 0 Å². The lowest BCUT2D eigenvalue weighted by atomic mass is 10.2. The number of para-hydroxylation sites is 1. The molecule has 7 heteroatoms. The van der Waals surface area contributed by atoms with Crippen molar-refractivity contribution in [2.24, 2.45) is 0 Å². The molecule has 0 radical (unpaired) electrons. The van der Waals surface area contributed by atoms with Gasteiger partial charge in [-0.15, -0.1) is 0 Å².